The Kier molecular flexibility index (Phi) is 4.96. The molecule has 21 heavy (non-hydrogen) atoms. The number of nitrogens with one attached hydrogen (secondary N) is 1. The van der Waals surface area contributed by atoms with Gasteiger partial charge >= 0.3 is 0 Å². The Labute approximate surface area is 125 Å². The molecule has 0 aliphatic carbocycles. The number of Topliss-reactive ketones (excluding diaryl/α,β-unsaturated/α-hetero) is 2. The minimum atomic E-state index is 0.00108. The molecule has 5 nitrogen and oxygen atoms in total. The predicted octanol–water partition coefficient (Wildman–Crippen LogP) is 1.59. The van der Waals surface area contributed by atoms with Gasteiger partial charge in [-0.05, 0) is 44.7 Å². The van der Waals surface area contributed by atoms with Crippen LogP contribution in [-0.4, -0.2) is 52.8 Å². The lowest BCUT2D eigenvalue weighted by atomic mass is 10.0. The fourth-order valence-corrected chi connectivity index (χ4v) is 3.23. The summed E-state index contributed by atoms with van der Waals surface area (Å²) in [5, 5.41) is 9.16. The Hall–Kier alpha value is -1.46. The maximum absolute atomic E-state index is 12.5. The first-order valence-corrected chi connectivity index (χ1v) is 7.56. The second kappa shape index (κ2) is 6.54. The number of aliphatic hydroxyl groups excluding tert-OH is 1. The molecule has 2 N–H and O–H groups in total. The molecule has 1 aliphatic rings. The van der Waals surface area contributed by atoms with E-state index in [2.05, 4.69) is 9.88 Å². The summed E-state index contributed by atoms with van der Waals surface area (Å²) in [6.45, 7) is 7.48. The van der Waals surface area contributed by atoms with E-state index in [0.717, 1.165) is 30.8 Å². The van der Waals surface area contributed by atoms with Gasteiger partial charge in [0.25, 0.3) is 0 Å². The number of H-pyrrole nitrogens is 1. The Bertz CT molecular complexity index is 548. The molecular weight excluding hydrogens is 268 g/mol. The average molecular weight is 292 g/mol. The SMILES string of the molecule is CCc1c(C(=O)CN2CCC(CO)C2)[nH]c(C)c1C(C)=O. The van der Waals surface area contributed by atoms with Gasteiger partial charge in [0.1, 0.15) is 0 Å². The Morgan fingerprint density at radius 1 is 1.43 bits per heavy atom. The highest BCUT2D eigenvalue weighted by Gasteiger charge is 2.26. The number of aryl methyl sites for hydroxylation is 1. The number of rotatable bonds is 6. The number of likely N-dealkylation sites (tertiary alicyclic amines) is 1. The van der Waals surface area contributed by atoms with Crippen LogP contribution in [0, 0.1) is 12.8 Å². The molecule has 0 spiro atoms. The summed E-state index contributed by atoms with van der Waals surface area (Å²) in [5.41, 5.74) is 2.85. The number of hydrogen-bond acceptors (Lipinski definition) is 4. The summed E-state index contributed by atoms with van der Waals surface area (Å²) in [5.74, 6) is 0.309. The van der Waals surface area contributed by atoms with Gasteiger partial charge in [0.05, 0.1) is 12.2 Å². The highest BCUT2D eigenvalue weighted by molar-refractivity contribution is 6.04. The molecule has 1 unspecified atom stereocenters. The van der Waals surface area contributed by atoms with Crippen molar-refractivity contribution in [3.8, 4) is 0 Å². The van der Waals surface area contributed by atoms with E-state index in [4.69, 9.17) is 5.11 Å². The van der Waals surface area contributed by atoms with Crippen LogP contribution in [0.5, 0.6) is 0 Å². The Morgan fingerprint density at radius 3 is 2.67 bits per heavy atom. The van der Waals surface area contributed by atoms with Crippen LogP contribution in [0.4, 0.5) is 0 Å². The molecule has 1 saturated heterocycles. The third kappa shape index (κ3) is 3.24. The highest BCUT2D eigenvalue weighted by Crippen LogP contribution is 2.22. The number of aromatic amines is 1. The minimum absolute atomic E-state index is 0.00108. The first-order valence-electron chi connectivity index (χ1n) is 7.56. The van der Waals surface area contributed by atoms with E-state index in [0.29, 0.717) is 24.2 Å². The zero-order valence-corrected chi connectivity index (χ0v) is 13.0. The van der Waals surface area contributed by atoms with E-state index in [1.54, 1.807) is 0 Å². The summed E-state index contributed by atoms with van der Waals surface area (Å²) in [7, 11) is 0. The summed E-state index contributed by atoms with van der Waals surface area (Å²) in [6.07, 6.45) is 1.60. The molecule has 0 bridgehead atoms. The number of hydrogen-bond donors (Lipinski definition) is 2. The lowest BCUT2D eigenvalue weighted by Crippen LogP contribution is -2.29. The van der Waals surface area contributed by atoms with E-state index in [1.165, 1.54) is 6.92 Å². The van der Waals surface area contributed by atoms with Crippen LogP contribution in [0.15, 0.2) is 0 Å². The maximum Gasteiger partial charge on any atom is 0.193 e. The van der Waals surface area contributed by atoms with Crippen LogP contribution in [0.1, 0.15) is 52.4 Å². The minimum Gasteiger partial charge on any atom is -0.396 e. The fourth-order valence-electron chi connectivity index (χ4n) is 3.23. The van der Waals surface area contributed by atoms with Crippen LogP contribution < -0.4 is 0 Å². The molecule has 0 amide bonds. The topological polar surface area (TPSA) is 73.4 Å². The molecule has 0 aromatic carbocycles. The van der Waals surface area contributed by atoms with Crippen molar-refractivity contribution in [1.29, 1.82) is 0 Å². The van der Waals surface area contributed by atoms with Gasteiger partial charge in [-0.2, -0.15) is 0 Å². The zero-order chi connectivity index (χ0) is 15.6. The molecule has 1 fully saturated rings. The van der Waals surface area contributed by atoms with Gasteiger partial charge in [-0.15, -0.1) is 0 Å². The molecule has 1 aromatic heterocycles. The highest BCUT2D eigenvalue weighted by atomic mass is 16.3. The summed E-state index contributed by atoms with van der Waals surface area (Å²) < 4.78 is 0. The van der Waals surface area contributed by atoms with Gasteiger partial charge < -0.3 is 10.1 Å². The van der Waals surface area contributed by atoms with Crippen LogP contribution in [0.3, 0.4) is 0 Å². The van der Waals surface area contributed by atoms with Crippen molar-refractivity contribution in [1.82, 2.24) is 9.88 Å². The van der Waals surface area contributed by atoms with Gasteiger partial charge in [-0.3, -0.25) is 14.5 Å². The van der Waals surface area contributed by atoms with Crippen LogP contribution in [0.25, 0.3) is 0 Å². The molecule has 1 aliphatic heterocycles. The van der Waals surface area contributed by atoms with Crippen molar-refractivity contribution >= 4 is 11.6 Å². The lowest BCUT2D eigenvalue weighted by molar-refractivity contribution is 0.0935. The summed E-state index contributed by atoms with van der Waals surface area (Å²) >= 11 is 0. The number of ketones is 2. The first-order chi connectivity index (χ1) is 9.97. The van der Waals surface area contributed by atoms with Crippen LogP contribution in [0.2, 0.25) is 0 Å². The number of carbonyl (C=O) groups excluding carboxylic acids is 2. The van der Waals surface area contributed by atoms with E-state index in [-0.39, 0.29) is 24.1 Å². The summed E-state index contributed by atoms with van der Waals surface area (Å²) in [6, 6.07) is 0. The maximum atomic E-state index is 12.5. The zero-order valence-electron chi connectivity index (χ0n) is 13.0. The van der Waals surface area contributed by atoms with Crippen molar-refractivity contribution < 1.29 is 14.7 Å². The lowest BCUT2D eigenvalue weighted by Gasteiger charge is -2.14. The second-order valence-electron chi connectivity index (χ2n) is 5.88. The van der Waals surface area contributed by atoms with Gasteiger partial charge in [-0.25, -0.2) is 0 Å². The van der Waals surface area contributed by atoms with Crippen LogP contribution in [-0.2, 0) is 6.42 Å². The van der Waals surface area contributed by atoms with E-state index in [9.17, 15) is 9.59 Å². The number of nitrogens with zero attached hydrogens (tertiary/aromatic N) is 1. The van der Waals surface area contributed by atoms with Crippen molar-refractivity contribution in [2.75, 3.05) is 26.2 Å². The molecule has 0 radical (unpaired) electrons. The van der Waals surface area contributed by atoms with E-state index in [1.807, 2.05) is 13.8 Å². The third-order valence-corrected chi connectivity index (χ3v) is 4.27. The van der Waals surface area contributed by atoms with Crippen molar-refractivity contribution in [3.05, 3.63) is 22.5 Å². The molecule has 5 heteroatoms. The van der Waals surface area contributed by atoms with Gasteiger partial charge in [-0.1, -0.05) is 6.92 Å². The quantitative estimate of drug-likeness (QED) is 0.781. The van der Waals surface area contributed by atoms with Gasteiger partial charge in [0.2, 0.25) is 0 Å². The second-order valence-corrected chi connectivity index (χ2v) is 5.88. The summed E-state index contributed by atoms with van der Waals surface area (Å²) in [4.78, 5) is 29.4. The predicted molar refractivity (Wildman–Crippen MR) is 80.9 cm³/mol. The molecule has 0 saturated carbocycles. The first kappa shape index (κ1) is 15.9. The average Bonchev–Trinajstić information content (AvgIpc) is 3.02. The van der Waals surface area contributed by atoms with Crippen molar-refractivity contribution in [3.63, 3.8) is 0 Å². The molecular formula is C16H24N2O3. The van der Waals surface area contributed by atoms with Crippen LogP contribution >= 0.6 is 0 Å². The largest absolute Gasteiger partial charge is 0.396 e. The molecule has 2 heterocycles. The number of aliphatic hydroxyl groups is 1. The molecule has 1 aromatic rings. The van der Waals surface area contributed by atoms with Gasteiger partial charge in [0.15, 0.2) is 11.6 Å². The Balaban J connectivity index is 2.16. The Morgan fingerprint density at radius 2 is 2.14 bits per heavy atom. The standard InChI is InChI=1S/C16H24N2O3/c1-4-13-15(11(3)20)10(2)17-16(13)14(21)8-18-6-5-12(7-18)9-19/h12,17,19H,4-9H2,1-3H3. The number of carbonyl (C=O) groups is 2. The monoisotopic (exact) mass is 292 g/mol. The fraction of sp³-hybridized carbons (Fsp3) is 0.625. The van der Waals surface area contributed by atoms with Crippen molar-refractivity contribution in [2.24, 2.45) is 5.92 Å². The molecule has 1 atom stereocenters. The van der Waals surface area contributed by atoms with Crippen molar-refractivity contribution in [2.45, 2.75) is 33.6 Å². The van der Waals surface area contributed by atoms with E-state index < -0.39 is 0 Å². The normalized spacial score (nSPS) is 19.1. The molecule has 2 rings (SSSR count). The number of aromatic nitrogens is 1. The smallest absolute Gasteiger partial charge is 0.193 e. The third-order valence-electron chi connectivity index (χ3n) is 4.27. The van der Waals surface area contributed by atoms with E-state index >= 15 is 0 Å². The molecule has 116 valence electrons. The van der Waals surface area contributed by atoms with Gasteiger partial charge in [0, 0.05) is 24.4 Å².